The Kier molecular flexibility index (Phi) is 6.45. The average Bonchev–Trinajstić information content (AvgIpc) is 2.46. The van der Waals surface area contributed by atoms with Gasteiger partial charge in [-0.1, -0.05) is 13.0 Å². The van der Waals surface area contributed by atoms with E-state index in [9.17, 15) is 14.0 Å². The molecule has 4 N–H and O–H groups in total. The highest BCUT2D eigenvalue weighted by atomic mass is 19.1. The summed E-state index contributed by atoms with van der Waals surface area (Å²) in [6.07, 6.45) is 0.398. The highest BCUT2D eigenvalue weighted by Crippen LogP contribution is 2.20. The molecule has 0 saturated heterocycles. The van der Waals surface area contributed by atoms with Crippen LogP contribution < -0.4 is 16.0 Å². The Bertz CT molecular complexity index is 508. The van der Waals surface area contributed by atoms with E-state index in [1.807, 2.05) is 0 Å². The van der Waals surface area contributed by atoms with Crippen molar-refractivity contribution in [2.75, 3.05) is 13.1 Å². The summed E-state index contributed by atoms with van der Waals surface area (Å²) in [6, 6.07) is 3.11. The minimum atomic E-state index is -0.733. The van der Waals surface area contributed by atoms with E-state index in [0.29, 0.717) is 25.1 Å². The number of aromatic hydroxyl groups is 1. The Hall–Kier alpha value is -2.31. The first-order valence-corrected chi connectivity index (χ1v) is 6.73. The predicted molar refractivity (Wildman–Crippen MR) is 76.3 cm³/mol. The quantitative estimate of drug-likeness (QED) is 0.599. The highest BCUT2D eigenvalue weighted by molar-refractivity contribution is 5.76. The van der Waals surface area contributed by atoms with Gasteiger partial charge in [-0.15, -0.1) is 0 Å². The maximum Gasteiger partial charge on any atom is 0.315 e. The van der Waals surface area contributed by atoms with E-state index in [-0.39, 0.29) is 5.91 Å². The average molecular weight is 297 g/mol. The molecule has 1 aromatic carbocycles. The molecule has 6 nitrogen and oxygen atoms in total. The normalized spacial score (nSPS) is 11.6. The zero-order chi connectivity index (χ0) is 15.8. The molecule has 0 unspecified atom stereocenters. The molecule has 116 valence electrons. The van der Waals surface area contributed by atoms with Gasteiger partial charge in [-0.25, -0.2) is 9.18 Å². The van der Waals surface area contributed by atoms with Crippen molar-refractivity contribution in [1.29, 1.82) is 0 Å². The Morgan fingerprint density at radius 3 is 2.57 bits per heavy atom. The first kappa shape index (κ1) is 16.7. The lowest BCUT2D eigenvalue weighted by Gasteiger charge is -2.15. The van der Waals surface area contributed by atoms with Gasteiger partial charge in [0, 0.05) is 19.5 Å². The second-order valence-electron chi connectivity index (χ2n) is 4.54. The minimum absolute atomic E-state index is 0.0786. The van der Waals surface area contributed by atoms with Gasteiger partial charge in [-0.2, -0.15) is 0 Å². The molecule has 0 aliphatic heterocycles. The molecule has 0 aliphatic carbocycles. The Morgan fingerprint density at radius 2 is 1.95 bits per heavy atom. The van der Waals surface area contributed by atoms with Gasteiger partial charge in [0.1, 0.15) is 0 Å². The molecular weight excluding hydrogens is 277 g/mol. The van der Waals surface area contributed by atoms with Gasteiger partial charge >= 0.3 is 6.03 Å². The molecule has 0 spiro atoms. The Balaban J connectivity index is 2.36. The maximum atomic E-state index is 13.2. The van der Waals surface area contributed by atoms with Crippen molar-refractivity contribution >= 4 is 11.9 Å². The molecule has 1 aromatic rings. The lowest BCUT2D eigenvalue weighted by atomic mass is 10.1. The third-order valence-corrected chi connectivity index (χ3v) is 2.87. The van der Waals surface area contributed by atoms with Crippen LogP contribution in [0, 0.1) is 5.82 Å². The number of carbonyl (C=O) groups is 2. The van der Waals surface area contributed by atoms with Crippen LogP contribution in [0.2, 0.25) is 0 Å². The minimum Gasteiger partial charge on any atom is -0.505 e. The summed E-state index contributed by atoms with van der Waals surface area (Å²) in [6.45, 7) is 4.09. The van der Waals surface area contributed by atoms with Crippen LogP contribution >= 0.6 is 0 Å². The van der Waals surface area contributed by atoms with E-state index in [4.69, 9.17) is 5.11 Å². The zero-order valence-corrected chi connectivity index (χ0v) is 12.1. The van der Waals surface area contributed by atoms with Gasteiger partial charge in [0.15, 0.2) is 11.6 Å². The zero-order valence-electron chi connectivity index (χ0n) is 12.1. The second-order valence-corrected chi connectivity index (χ2v) is 4.54. The van der Waals surface area contributed by atoms with E-state index < -0.39 is 23.6 Å². The SMILES string of the molecule is CCC(=O)NCCNC(=O)N[C@H](C)c1ccc(O)c(F)c1. The number of amides is 3. The summed E-state index contributed by atoms with van der Waals surface area (Å²) in [5, 5.41) is 16.9. The van der Waals surface area contributed by atoms with Gasteiger partial charge in [0.25, 0.3) is 0 Å². The molecular formula is C14H20FN3O3. The number of phenolic OH excluding ortho intramolecular Hbond substituents is 1. The molecule has 0 aromatic heterocycles. The lowest BCUT2D eigenvalue weighted by molar-refractivity contribution is -0.120. The van der Waals surface area contributed by atoms with Gasteiger partial charge in [-0.05, 0) is 24.6 Å². The van der Waals surface area contributed by atoms with Crippen molar-refractivity contribution in [1.82, 2.24) is 16.0 Å². The molecule has 0 fully saturated rings. The van der Waals surface area contributed by atoms with Gasteiger partial charge in [-0.3, -0.25) is 4.79 Å². The van der Waals surface area contributed by atoms with Crippen LogP contribution in [-0.2, 0) is 4.79 Å². The number of rotatable bonds is 6. The van der Waals surface area contributed by atoms with Crippen LogP contribution in [-0.4, -0.2) is 30.1 Å². The van der Waals surface area contributed by atoms with E-state index in [2.05, 4.69) is 16.0 Å². The molecule has 0 bridgehead atoms. The topological polar surface area (TPSA) is 90.5 Å². The molecule has 3 amide bonds. The molecule has 7 heteroatoms. The summed E-state index contributed by atoms with van der Waals surface area (Å²) in [5.74, 6) is -1.24. The van der Waals surface area contributed by atoms with Crippen LogP contribution in [0.4, 0.5) is 9.18 Å². The van der Waals surface area contributed by atoms with E-state index in [1.165, 1.54) is 18.2 Å². The molecule has 1 atom stereocenters. The molecule has 0 saturated carbocycles. The number of halogens is 1. The van der Waals surface area contributed by atoms with Crippen molar-refractivity contribution in [3.05, 3.63) is 29.6 Å². The first-order valence-electron chi connectivity index (χ1n) is 6.73. The second kappa shape index (κ2) is 8.08. The fraction of sp³-hybridized carbons (Fsp3) is 0.429. The van der Waals surface area contributed by atoms with Crippen molar-refractivity contribution in [3.63, 3.8) is 0 Å². The molecule has 0 aliphatic rings. The van der Waals surface area contributed by atoms with Crippen LogP contribution in [0.1, 0.15) is 31.9 Å². The summed E-state index contributed by atoms with van der Waals surface area (Å²) < 4.78 is 13.2. The van der Waals surface area contributed by atoms with Crippen molar-refractivity contribution in [3.8, 4) is 5.75 Å². The number of hydrogen-bond donors (Lipinski definition) is 4. The fourth-order valence-electron chi connectivity index (χ4n) is 1.63. The van der Waals surface area contributed by atoms with E-state index in [1.54, 1.807) is 13.8 Å². The number of carbonyl (C=O) groups excluding carboxylic acids is 2. The smallest absolute Gasteiger partial charge is 0.315 e. The van der Waals surface area contributed by atoms with Crippen LogP contribution in [0.15, 0.2) is 18.2 Å². The van der Waals surface area contributed by atoms with Crippen LogP contribution in [0.3, 0.4) is 0 Å². The largest absolute Gasteiger partial charge is 0.505 e. The molecule has 1 rings (SSSR count). The maximum absolute atomic E-state index is 13.2. The molecule has 0 radical (unpaired) electrons. The number of hydrogen-bond acceptors (Lipinski definition) is 3. The van der Waals surface area contributed by atoms with E-state index in [0.717, 1.165) is 0 Å². The number of nitrogens with one attached hydrogen (secondary N) is 3. The third-order valence-electron chi connectivity index (χ3n) is 2.87. The third kappa shape index (κ3) is 5.68. The summed E-state index contributed by atoms with van der Waals surface area (Å²) in [5.41, 5.74) is 0.541. The summed E-state index contributed by atoms with van der Waals surface area (Å²) in [7, 11) is 0. The fourth-order valence-corrected chi connectivity index (χ4v) is 1.63. The Morgan fingerprint density at radius 1 is 1.29 bits per heavy atom. The predicted octanol–water partition coefficient (Wildman–Crippen LogP) is 1.42. The lowest BCUT2D eigenvalue weighted by Crippen LogP contribution is -2.41. The van der Waals surface area contributed by atoms with E-state index >= 15 is 0 Å². The van der Waals surface area contributed by atoms with Crippen LogP contribution in [0.25, 0.3) is 0 Å². The molecule has 21 heavy (non-hydrogen) atoms. The summed E-state index contributed by atoms with van der Waals surface area (Å²) in [4.78, 5) is 22.6. The van der Waals surface area contributed by atoms with Crippen molar-refractivity contribution in [2.24, 2.45) is 0 Å². The van der Waals surface area contributed by atoms with Crippen molar-refractivity contribution < 1.29 is 19.1 Å². The highest BCUT2D eigenvalue weighted by Gasteiger charge is 2.11. The van der Waals surface area contributed by atoms with Crippen molar-refractivity contribution in [2.45, 2.75) is 26.3 Å². The van der Waals surface area contributed by atoms with Gasteiger partial charge in [0.05, 0.1) is 6.04 Å². The number of phenols is 1. The Labute approximate surface area is 122 Å². The summed E-state index contributed by atoms with van der Waals surface area (Å²) >= 11 is 0. The van der Waals surface area contributed by atoms with Gasteiger partial charge in [0.2, 0.25) is 5.91 Å². The first-order chi connectivity index (χ1) is 9.93. The standard InChI is InChI=1S/C14H20FN3O3/c1-3-13(20)16-6-7-17-14(21)18-9(2)10-4-5-12(19)11(15)8-10/h4-5,8-9,19H,3,6-7H2,1-2H3,(H,16,20)(H2,17,18,21)/t9-/m1/s1. The number of urea groups is 1. The van der Waals surface area contributed by atoms with Crippen LogP contribution in [0.5, 0.6) is 5.75 Å². The monoisotopic (exact) mass is 297 g/mol. The van der Waals surface area contributed by atoms with Gasteiger partial charge < -0.3 is 21.1 Å². The molecule has 0 heterocycles. The number of benzene rings is 1.